The minimum Gasteiger partial charge on any atom is -0.345 e. The highest BCUT2D eigenvalue weighted by Gasteiger charge is 2.23. The van der Waals surface area contributed by atoms with Crippen molar-refractivity contribution in [2.75, 3.05) is 5.75 Å². The van der Waals surface area contributed by atoms with Gasteiger partial charge in [0.05, 0.1) is 11.8 Å². The molecule has 1 aromatic carbocycles. The Hall–Kier alpha value is -1.69. The molecule has 1 amide bonds. The molecule has 1 N–H and O–H groups in total. The number of carbonyl (C=O) groups excluding carboxylic acids is 1. The van der Waals surface area contributed by atoms with Crippen LogP contribution in [-0.4, -0.2) is 26.1 Å². The van der Waals surface area contributed by atoms with E-state index in [1.807, 2.05) is 0 Å². The molecule has 1 aromatic rings. The molecular formula is C12H12FNO3S. The molecule has 0 radical (unpaired) electrons. The molecule has 1 atom stereocenters. The van der Waals surface area contributed by atoms with Gasteiger partial charge in [0.25, 0.3) is 5.91 Å². The van der Waals surface area contributed by atoms with E-state index in [4.69, 9.17) is 0 Å². The van der Waals surface area contributed by atoms with Gasteiger partial charge in [0, 0.05) is 11.0 Å². The molecular weight excluding hydrogens is 257 g/mol. The average Bonchev–Trinajstić information content (AvgIpc) is 2.62. The second kappa shape index (κ2) is 4.53. The molecule has 2 rings (SSSR count). The first-order valence-electron chi connectivity index (χ1n) is 5.35. The third-order valence-electron chi connectivity index (χ3n) is 2.67. The SMILES string of the molecule is Cc1cc(C(=O)NC2C=CS(=O)(=O)C2)ccc1F. The van der Waals surface area contributed by atoms with E-state index < -0.39 is 21.8 Å². The van der Waals surface area contributed by atoms with Crippen LogP contribution in [0.2, 0.25) is 0 Å². The van der Waals surface area contributed by atoms with Crippen molar-refractivity contribution in [3.63, 3.8) is 0 Å². The Morgan fingerprint density at radius 3 is 2.72 bits per heavy atom. The molecule has 1 aliphatic rings. The smallest absolute Gasteiger partial charge is 0.251 e. The number of sulfone groups is 1. The van der Waals surface area contributed by atoms with Crippen molar-refractivity contribution in [2.45, 2.75) is 13.0 Å². The summed E-state index contributed by atoms with van der Waals surface area (Å²) in [6, 6.07) is 3.49. The van der Waals surface area contributed by atoms with E-state index in [0.29, 0.717) is 11.1 Å². The predicted octanol–water partition coefficient (Wildman–Crippen LogP) is 1.17. The fraction of sp³-hybridized carbons (Fsp3) is 0.250. The van der Waals surface area contributed by atoms with E-state index in [1.54, 1.807) is 6.92 Å². The molecule has 0 fully saturated rings. The molecule has 96 valence electrons. The number of aryl methyl sites for hydroxylation is 1. The lowest BCUT2D eigenvalue weighted by Crippen LogP contribution is -2.35. The predicted molar refractivity (Wildman–Crippen MR) is 65.3 cm³/mol. The number of hydrogen-bond donors (Lipinski definition) is 1. The summed E-state index contributed by atoms with van der Waals surface area (Å²) in [6.45, 7) is 1.56. The van der Waals surface area contributed by atoms with Crippen LogP contribution in [0.25, 0.3) is 0 Å². The van der Waals surface area contributed by atoms with Crippen LogP contribution in [0.4, 0.5) is 4.39 Å². The number of halogens is 1. The second-order valence-corrected chi connectivity index (χ2v) is 6.13. The summed E-state index contributed by atoms with van der Waals surface area (Å²) in [6.07, 6.45) is 1.43. The van der Waals surface area contributed by atoms with Crippen LogP contribution < -0.4 is 5.32 Å². The summed E-state index contributed by atoms with van der Waals surface area (Å²) < 4.78 is 35.4. The van der Waals surface area contributed by atoms with Crippen molar-refractivity contribution in [3.05, 3.63) is 46.6 Å². The van der Waals surface area contributed by atoms with Crippen LogP contribution in [0, 0.1) is 12.7 Å². The molecule has 0 aromatic heterocycles. The van der Waals surface area contributed by atoms with Crippen LogP contribution in [0.5, 0.6) is 0 Å². The van der Waals surface area contributed by atoms with Crippen LogP contribution in [0.3, 0.4) is 0 Å². The first-order chi connectivity index (χ1) is 8.37. The monoisotopic (exact) mass is 269 g/mol. The third-order valence-corrected chi connectivity index (χ3v) is 4.06. The maximum absolute atomic E-state index is 13.0. The molecule has 0 spiro atoms. The fourth-order valence-corrected chi connectivity index (χ4v) is 2.94. The quantitative estimate of drug-likeness (QED) is 0.876. The van der Waals surface area contributed by atoms with E-state index in [2.05, 4.69) is 5.32 Å². The summed E-state index contributed by atoms with van der Waals surface area (Å²) in [5, 5.41) is 3.66. The highest BCUT2D eigenvalue weighted by Crippen LogP contribution is 2.11. The standard InChI is InChI=1S/C12H12FNO3S/c1-8-6-9(2-3-11(8)13)12(15)14-10-4-5-18(16,17)7-10/h2-6,10H,7H2,1H3,(H,14,15). The zero-order valence-electron chi connectivity index (χ0n) is 9.68. The van der Waals surface area contributed by atoms with Gasteiger partial charge in [0.1, 0.15) is 5.82 Å². The van der Waals surface area contributed by atoms with Crippen LogP contribution in [0.1, 0.15) is 15.9 Å². The number of amides is 1. The number of carbonyl (C=O) groups is 1. The van der Waals surface area contributed by atoms with Crippen LogP contribution >= 0.6 is 0 Å². The normalized spacial score (nSPS) is 20.9. The van der Waals surface area contributed by atoms with Gasteiger partial charge in [-0.15, -0.1) is 0 Å². The van der Waals surface area contributed by atoms with Crippen molar-refractivity contribution >= 4 is 15.7 Å². The van der Waals surface area contributed by atoms with Gasteiger partial charge in [-0.3, -0.25) is 4.79 Å². The third kappa shape index (κ3) is 2.76. The molecule has 18 heavy (non-hydrogen) atoms. The van der Waals surface area contributed by atoms with E-state index >= 15 is 0 Å². The van der Waals surface area contributed by atoms with Crippen molar-refractivity contribution in [3.8, 4) is 0 Å². The largest absolute Gasteiger partial charge is 0.345 e. The van der Waals surface area contributed by atoms with E-state index in [9.17, 15) is 17.6 Å². The zero-order valence-corrected chi connectivity index (χ0v) is 10.5. The van der Waals surface area contributed by atoms with Crippen LogP contribution in [-0.2, 0) is 9.84 Å². The molecule has 4 nitrogen and oxygen atoms in total. The topological polar surface area (TPSA) is 63.2 Å². The first kappa shape index (κ1) is 12.8. The van der Waals surface area contributed by atoms with Gasteiger partial charge in [-0.25, -0.2) is 12.8 Å². The maximum Gasteiger partial charge on any atom is 0.251 e. The Bertz CT molecular complexity index is 622. The molecule has 1 unspecified atom stereocenters. The lowest BCUT2D eigenvalue weighted by molar-refractivity contribution is 0.0947. The number of benzene rings is 1. The van der Waals surface area contributed by atoms with Gasteiger partial charge in [0.15, 0.2) is 9.84 Å². The molecule has 6 heteroatoms. The Morgan fingerprint density at radius 2 is 2.17 bits per heavy atom. The summed E-state index contributed by atoms with van der Waals surface area (Å²) in [4.78, 5) is 11.8. The zero-order chi connectivity index (χ0) is 13.3. The minimum absolute atomic E-state index is 0.126. The van der Waals surface area contributed by atoms with Crippen molar-refractivity contribution in [1.82, 2.24) is 5.32 Å². The van der Waals surface area contributed by atoms with Gasteiger partial charge in [-0.1, -0.05) is 0 Å². The van der Waals surface area contributed by atoms with Crippen molar-refractivity contribution in [1.29, 1.82) is 0 Å². The van der Waals surface area contributed by atoms with Crippen molar-refractivity contribution < 1.29 is 17.6 Å². The van der Waals surface area contributed by atoms with Gasteiger partial charge >= 0.3 is 0 Å². The van der Waals surface area contributed by atoms with E-state index in [-0.39, 0.29) is 11.6 Å². The Morgan fingerprint density at radius 1 is 1.44 bits per heavy atom. The van der Waals surface area contributed by atoms with Gasteiger partial charge in [0.2, 0.25) is 0 Å². The number of hydrogen-bond acceptors (Lipinski definition) is 3. The summed E-state index contributed by atoms with van der Waals surface area (Å²) >= 11 is 0. The van der Waals surface area contributed by atoms with Gasteiger partial charge in [-0.2, -0.15) is 0 Å². The maximum atomic E-state index is 13.0. The Labute approximate surface area is 104 Å². The van der Waals surface area contributed by atoms with Crippen molar-refractivity contribution in [2.24, 2.45) is 0 Å². The van der Waals surface area contributed by atoms with Crippen LogP contribution in [0.15, 0.2) is 29.7 Å². The first-order valence-corrected chi connectivity index (χ1v) is 7.07. The summed E-state index contributed by atoms with van der Waals surface area (Å²) in [5.74, 6) is -0.918. The lowest BCUT2D eigenvalue weighted by atomic mass is 10.1. The lowest BCUT2D eigenvalue weighted by Gasteiger charge is -2.10. The van der Waals surface area contributed by atoms with E-state index in [1.165, 1.54) is 24.3 Å². The molecule has 1 aliphatic heterocycles. The number of nitrogens with one attached hydrogen (secondary N) is 1. The molecule has 0 aliphatic carbocycles. The number of rotatable bonds is 2. The molecule has 0 saturated carbocycles. The van der Waals surface area contributed by atoms with Gasteiger partial charge in [-0.05, 0) is 36.8 Å². The Balaban J connectivity index is 2.09. The molecule has 0 bridgehead atoms. The highest BCUT2D eigenvalue weighted by molar-refractivity contribution is 7.94. The van der Waals surface area contributed by atoms with Gasteiger partial charge < -0.3 is 5.32 Å². The molecule has 1 heterocycles. The fourth-order valence-electron chi connectivity index (χ4n) is 1.70. The summed E-state index contributed by atoms with van der Waals surface area (Å²) in [5.41, 5.74) is 0.684. The second-order valence-electron chi connectivity index (χ2n) is 4.20. The highest BCUT2D eigenvalue weighted by atomic mass is 32.2. The average molecular weight is 269 g/mol. The Kier molecular flexibility index (Phi) is 3.21. The summed E-state index contributed by atoms with van der Waals surface area (Å²) in [7, 11) is -3.19. The molecule has 0 saturated heterocycles. The van der Waals surface area contributed by atoms with E-state index in [0.717, 1.165) is 5.41 Å². The minimum atomic E-state index is -3.19.